The molecule has 0 saturated heterocycles. The first-order valence-electron chi connectivity index (χ1n) is 11.3. The number of nitrogens with zero attached hydrogens (tertiary/aromatic N) is 2. The van der Waals surface area contributed by atoms with E-state index in [-0.39, 0.29) is 22.5 Å². The number of hydrogen-bond acceptors (Lipinski definition) is 4. The Bertz CT molecular complexity index is 1260. The molecule has 0 aliphatic carbocycles. The number of rotatable bonds is 10. The van der Waals surface area contributed by atoms with Crippen molar-refractivity contribution in [3.05, 3.63) is 93.5 Å². The topological polar surface area (TPSA) is 69.7 Å². The van der Waals surface area contributed by atoms with Gasteiger partial charge in [0, 0.05) is 30.9 Å². The van der Waals surface area contributed by atoms with Crippen LogP contribution in [0.25, 0.3) is 0 Å². The molecule has 0 unspecified atom stereocenters. The minimum Gasteiger partial charge on any atom is -0.372 e. The standard InChI is InChI=1S/C26H29Cl2N3O3S/c1-4-30(5-2)22-15-11-19(12-16-22)17-29-26(32)21-13-9-20(10-14-21)18-31(35(3,33)34)24-8-6-7-23(27)25(24)28/h6-16H,4-5,17-18H2,1-3H3,(H,29,32). The molecule has 3 aromatic carbocycles. The van der Waals surface area contributed by atoms with Gasteiger partial charge < -0.3 is 10.2 Å². The number of amides is 1. The molecule has 186 valence electrons. The second-order valence-corrected chi connectivity index (χ2v) is 10.8. The van der Waals surface area contributed by atoms with E-state index in [9.17, 15) is 13.2 Å². The molecule has 0 bridgehead atoms. The minimum absolute atomic E-state index is 0.0552. The number of halogens is 2. The summed E-state index contributed by atoms with van der Waals surface area (Å²) in [4.78, 5) is 14.9. The highest BCUT2D eigenvalue weighted by Gasteiger charge is 2.21. The van der Waals surface area contributed by atoms with Crippen LogP contribution in [0.4, 0.5) is 11.4 Å². The molecule has 9 heteroatoms. The van der Waals surface area contributed by atoms with E-state index in [2.05, 4.69) is 36.2 Å². The minimum atomic E-state index is -3.63. The number of carbonyl (C=O) groups excluding carboxylic acids is 1. The van der Waals surface area contributed by atoms with E-state index < -0.39 is 10.0 Å². The second-order valence-electron chi connectivity index (χ2n) is 8.06. The summed E-state index contributed by atoms with van der Waals surface area (Å²) < 4.78 is 26.1. The molecule has 0 radical (unpaired) electrons. The fraction of sp³-hybridized carbons (Fsp3) is 0.269. The highest BCUT2D eigenvalue weighted by molar-refractivity contribution is 7.92. The third-order valence-corrected chi connectivity index (χ3v) is 7.60. The van der Waals surface area contributed by atoms with Crippen molar-refractivity contribution in [2.24, 2.45) is 0 Å². The summed E-state index contributed by atoms with van der Waals surface area (Å²) in [5.74, 6) is -0.206. The number of nitrogens with one attached hydrogen (secondary N) is 1. The zero-order valence-electron chi connectivity index (χ0n) is 20.0. The molecule has 0 aliphatic heterocycles. The first kappa shape index (κ1) is 26.9. The van der Waals surface area contributed by atoms with Crippen molar-refractivity contribution in [1.29, 1.82) is 0 Å². The molecule has 0 heterocycles. The lowest BCUT2D eigenvalue weighted by Crippen LogP contribution is -2.29. The quantitative estimate of drug-likeness (QED) is 0.361. The van der Waals surface area contributed by atoms with Crippen LogP contribution in [0.15, 0.2) is 66.7 Å². The molecule has 6 nitrogen and oxygen atoms in total. The first-order chi connectivity index (χ1) is 16.6. The maximum Gasteiger partial charge on any atom is 0.251 e. The predicted molar refractivity (Wildman–Crippen MR) is 145 cm³/mol. The Kier molecular flexibility index (Phi) is 9.05. The molecule has 0 spiro atoms. The monoisotopic (exact) mass is 533 g/mol. The highest BCUT2D eigenvalue weighted by Crippen LogP contribution is 2.34. The van der Waals surface area contributed by atoms with Gasteiger partial charge in [-0.25, -0.2) is 8.42 Å². The lowest BCUT2D eigenvalue weighted by atomic mass is 10.1. The zero-order chi connectivity index (χ0) is 25.6. The molecule has 0 saturated carbocycles. The third kappa shape index (κ3) is 6.90. The average molecular weight is 535 g/mol. The van der Waals surface area contributed by atoms with Crippen molar-refractivity contribution in [3.8, 4) is 0 Å². The molecule has 1 N–H and O–H groups in total. The number of hydrogen-bond donors (Lipinski definition) is 1. The average Bonchev–Trinajstić information content (AvgIpc) is 2.84. The van der Waals surface area contributed by atoms with Gasteiger partial charge in [-0.2, -0.15) is 0 Å². The predicted octanol–water partition coefficient (Wildman–Crippen LogP) is 5.74. The van der Waals surface area contributed by atoms with Gasteiger partial charge in [0.25, 0.3) is 5.91 Å². The van der Waals surface area contributed by atoms with Crippen LogP contribution in [-0.4, -0.2) is 33.7 Å². The number of anilines is 2. The molecule has 1 amide bonds. The molecule has 0 atom stereocenters. The number of benzene rings is 3. The van der Waals surface area contributed by atoms with Gasteiger partial charge in [-0.3, -0.25) is 9.10 Å². The van der Waals surface area contributed by atoms with Gasteiger partial charge in [-0.05, 0) is 61.4 Å². The Morgan fingerprint density at radius 1 is 0.886 bits per heavy atom. The fourth-order valence-corrected chi connectivity index (χ4v) is 5.03. The van der Waals surface area contributed by atoms with Crippen LogP contribution in [0.2, 0.25) is 10.0 Å². The van der Waals surface area contributed by atoms with Crippen LogP contribution < -0.4 is 14.5 Å². The summed E-state index contributed by atoms with van der Waals surface area (Å²) in [6, 6.07) is 19.8. The van der Waals surface area contributed by atoms with Crippen LogP contribution in [0.5, 0.6) is 0 Å². The van der Waals surface area contributed by atoms with E-state index >= 15 is 0 Å². The molecule has 35 heavy (non-hydrogen) atoms. The van der Waals surface area contributed by atoms with Crippen molar-refractivity contribution in [3.63, 3.8) is 0 Å². The van der Waals surface area contributed by atoms with E-state index in [0.29, 0.717) is 23.4 Å². The normalized spacial score (nSPS) is 11.2. The summed E-state index contributed by atoms with van der Waals surface area (Å²) in [6.07, 6.45) is 1.11. The van der Waals surface area contributed by atoms with E-state index in [1.807, 2.05) is 12.1 Å². The van der Waals surface area contributed by atoms with Crippen LogP contribution >= 0.6 is 23.2 Å². The van der Waals surface area contributed by atoms with Crippen molar-refractivity contribution in [1.82, 2.24) is 5.32 Å². The Morgan fingerprint density at radius 2 is 1.49 bits per heavy atom. The third-order valence-electron chi connectivity index (χ3n) is 5.66. The lowest BCUT2D eigenvalue weighted by Gasteiger charge is -2.24. The second kappa shape index (κ2) is 11.8. The van der Waals surface area contributed by atoms with Crippen molar-refractivity contribution in [2.75, 3.05) is 28.6 Å². The Labute approximate surface area is 217 Å². The van der Waals surface area contributed by atoms with Gasteiger partial charge in [0.05, 0.1) is 28.5 Å². The fourth-order valence-electron chi connectivity index (χ4n) is 3.69. The molecule has 0 aliphatic rings. The number of carbonyl (C=O) groups is 1. The van der Waals surface area contributed by atoms with Crippen molar-refractivity contribution < 1.29 is 13.2 Å². The maximum atomic E-state index is 12.6. The smallest absolute Gasteiger partial charge is 0.251 e. The Balaban J connectivity index is 1.66. The van der Waals surface area contributed by atoms with Crippen LogP contribution in [0.1, 0.15) is 35.3 Å². The molecule has 3 rings (SSSR count). The molecule has 0 aromatic heterocycles. The van der Waals surface area contributed by atoms with Gasteiger partial charge >= 0.3 is 0 Å². The van der Waals surface area contributed by atoms with Gasteiger partial charge in [0.1, 0.15) is 0 Å². The zero-order valence-corrected chi connectivity index (χ0v) is 22.3. The Hall–Kier alpha value is -2.74. The Morgan fingerprint density at radius 3 is 2.06 bits per heavy atom. The SMILES string of the molecule is CCN(CC)c1ccc(CNC(=O)c2ccc(CN(c3cccc(Cl)c3Cl)S(C)(=O)=O)cc2)cc1. The van der Waals surface area contributed by atoms with Crippen LogP contribution in [0, 0.1) is 0 Å². The van der Waals surface area contributed by atoms with Gasteiger partial charge in [0.2, 0.25) is 10.0 Å². The van der Waals surface area contributed by atoms with Gasteiger partial charge in [0.15, 0.2) is 0 Å². The molecule has 0 fully saturated rings. The number of sulfonamides is 1. The first-order valence-corrected chi connectivity index (χ1v) is 13.9. The van der Waals surface area contributed by atoms with E-state index in [0.717, 1.165) is 30.6 Å². The van der Waals surface area contributed by atoms with Crippen molar-refractivity contribution in [2.45, 2.75) is 26.9 Å². The highest BCUT2D eigenvalue weighted by atomic mass is 35.5. The van der Waals surface area contributed by atoms with Crippen LogP contribution in [0.3, 0.4) is 0 Å². The molecular weight excluding hydrogens is 505 g/mol. The molecular formula is C26H29Cl2N3O3S. The summed E-state index contributed by atoms with van der Waals surface area (Å²) in [5.41, 5.74) is 3.65. The van der Waals surface area contributed by atoms with Crippen LogP contribution in [-0.2, 0) is 23.1 Å². The summed E-state index contributed by atoms with van der Waals surface area (Å²) in [6.45, 7) is 6.59. The van der Waals surface area contributed by atoms with Gasteiger partial charge in [-0.1, -0.05) is 53.5 Å². The van der Waals surface area contributed by atoms with E-state index in [4.69, 9.17) is 23.2 Å². The lowest BCUT2D eigenvalue weighted by molar-refractivity contribution is 0.0951. The van der Waals surface area contributed by atoms with Gasteiger partial charge in [-0.15, -0.1) is 0 Å². The van der Waals surface area contributed by atoms with E-state index in [1.54, 1.807) is 42.5 Å². The van der Waals surface area contributed by atoms with E-state index in [1.165, 1.54) is 4.31 Å². The van der Waals surface area contributed by atoms with Crippen molar-refractivity contribution >= 4 is 50.5 Å². The largest absolute Gasteiger partial charge is 0.372 e. The molecule has 3 aromatic rings. The summed E-state index contributed by atoms with van der Waals surface area (Å²) >= 11 is 12.3. The summed E-state index contributed by atoms with van der Waals surface area (Å²) in [7, 11) is -3.63. The summed E-state index contributed by atoms with van der Waals surface area (Å²) in [5, 5.41) is 3.36. The maximum absolute atomic E-state index is 12.6.